The normalized spacial score (nSPS) is 20.6. The molecule has 1 N–H and O–H groups in total. The molecule has 1 aliphatic heterocycles. The quantitative estimate of drug-likeness (QED) is 0.712. The molecule has 0 amide bonds. The van der Waals surface area contributed by atoms with Crippen molar-refractivity contribution in [1.82, 2.24) is 14.7 Å². The second-order valence-electron chi connectivity index (χ2n) is 4.56. The Morgan fingerprint density at radius 2 is 2.41 bits per heavy atom. The first-order chi connectivity index (χ1) is 8.42. The highest BCUT2D eigenvalue weighted by molar-refractivity contribution is 7.23. The fraction of sp³-hybridized carbons (Fsp3) is 0.308. The third kappa shape index (κ3) is 1.41. The molecule has 4 heteroatoms. The maximum atomic E-state index is 4.35. The second kappa shape index (κ2) is 3.55. The average Bonchev–Trinajstić information content (AvgIpc) is 3.04. The summed E-state index contributed by atoms with van der Waals surface area (Å²) in [5.41, 5.74) is 2.68. The van der Waals surface area contributed by atoms with Crippen LogP contribution in [0.4, 0.5) is 0 Å². The van der Waals surface area contributed by atoms with E-state index in [4.69, 9.17) is 0 Å². The summed E-state index contributed by atoms with van der Waals surface area (Å²) in [6, 6.07) is 7.33. The van der Waals surface area contributed by atoms with Gasteiger partial charge in [-0.1, -0.05) is 17.4 Å². The van der Waals surface area contributed by atoms with Gasteiger partial charge in [-0.05, 0) is 37.1 Å². The third-order valence-corrected chi connectivity index (χ3v) is 4.55. The highest BCUT2D eigenvalue weighted by Gasteiger charge is 2.17. The highest BCUT2D eigenvalue weighted by atomic mass is 32.1. The van der Waals surface area contributed by atoms with E-state index in [0.29, 0.717) is 6.04 Å². The number of hydrogen-bond acceptors (Lipinski definition) is 3. The molecule has 3 heterocycles. The molecule has 0 radical (unpaired) electrons. The number of aromatic nitrogens is 2. The molecule has 1 saturated heterocycles. The summed E-state index contributed by atoms with van der Waals surface area (Å²) in [6.07, 6.45) is 6.43. The summed E-state index contributed by atoms with van der Waals surface area (Å²) in [6.45, 7) is 1.15. The van der Waals surface area contributed by atoms with Crippen LogP contribution in [-0.2, 0) is 0 Å². The van der Waals surface area contributed by atoms with Gasteiger partial charge in [-0.25, -0.2) is 4.98 Å². The SMILES string of the molecule is c1cn2c(n1)sc1cc(C3CCCN3)ccc12. The van der Waals surface area contributed by atoms with Gasteiger partial charge < -0.3 is 5.32 Å². The molecule has 4 rings (SSSR count). The summed E-state index contributed by atoms with van der Waals surface area (Å²) in [7, 11) is 0. The molecular formula is C13H13N3S. The summed E-state index contributed by atoms with van der Waals surface area (Å²) in [4.78, 5) is 5.43. The van der Waals surface area contributed by atoms with Crippen molar-refractivity contribution in [3.05, 3.63) is 36.2 Å². The van der Waals surface area contributed by atoms with Crippen molar-refractivity contribution in [2.45, 2.75) is 18.9 Å². The zero-order chi connectivity index (χ0) is 11.2. The largest absolute Gasteiger partial charge is 0.310 e. The number of benzene rings is 1. The Kier molecular flexibility index (Phi) is 2.01. The van der Waals surface area contributed by atoms with Crippen LogP contribution in [0.25, 0.3) is 15.2 Å². The van der Waals surface area contributed by atoms with Gasteiger partial charge in [0, 0.05) is 18.4 Å². The highest BCUT2D eigenvalue weighted by Crippen LogP contribution is 2.30. The van der Waals surface area contributed by atoms with Crippen molar-refractivity contribution >= 4 is 26.5 Å². The minimum atomic E-state index is 0.550. The van der Waals surface area contributed by atoms with Crippen LogP contribution in [0.15, 0.2) is 30.6 Å². The van der Waals surface area contributed by atoms with Crippen molar-refractivity contribution < 1.29 is 0 Å². The van der Waals surface area contributed by atoms with E-state index in [9.17, 15) is 0 Å². The fourth-order valence-corrected chi connectivity index (χ4v) is 3.68. The Hall–Kier alpha value is -1.39. The monoisotopic (exact) mass is 243 g/mol. The molecule has 1 aromatic carbocycles. The van der Waals surface area contributed by atoms with E-state index in [0.717, 1.165) is 11.5 Å². The average molecular weight is 243 g/mol. The van der Waals surface area contributed by atoms with Crippen LogP contribution in [0.2, 0.25) is 0 Å². The number of nitrogens with one attached hydrogen (secondary N) is 1. The number of hydrogen-bond donors (Lipinski definition) is 1. The maximum absolute atomic E-state index is 4.35. The standard InChI is InChI=1S/C13H13N3S/c1-2-10(14-5-1)9-3-4-11-12(8-9)17-13-15-6-7-16(11)13/h3-4,6-8,10,14H,1-2,5H2. The van der Waals surface area contributed by atoms with Gasteiger partial charge in [-0.2, -0.15) is 0 Å². The number of nitrogens with zero attached hydrogens (tertiary/aromatic N) is 2. The molecule has 17 heavy (non-hydrogen) atoms. The first-order valence-corrected chi connectivity index (χ1v) is 6.82. The molecule has 2 aromatic heterocycles. The lowest BCUT2D eigenvalue weighted by atomic mass is 10.1. The lowest BCUT2D eigenvalue weighted by Crippen LogP contribution is -2.12. The van der Waals surface area contributed by atoms with Crippen LogP contribution >= 0.6 is 11.3 Å². The lowest BCUT2D eigenvalue weighted by molar-refractivity contribution is 0.648. The van der Waals surface area contributed by atoms with Crippen LogP contribution in [0.1, 0.15) is 24.4 Å². The van der Waals surface area contributed by atoms with Gasteiger partial charge in [0.15, 0.2) is 4.96 Å². The Morgan fingerprint density at radius 3 is 3.29 bits per heavy atom. The number of rotatable bonds is 1. The predicted molar refractivity (Wildman–Crippen MR) is 70.6 cm³/mol. The van der Waals surface area contributed by atoms with Gasteiger partial charge in [-0.3, -0.25) is 4.40 Å². The van der Waals surface area contributed by atoms with Crippen LogP contribution in [-0.4, -0.2) is 15.9 Å². The summed E-state index contributed by atoms with van der Waals surface area (Å²) in [5.74, 6) is 0. The van der Waals surface area contributed by atoms with E-state index >= 15 is 0 Å². The maximum Gasteiger partial charge on any atom is 0.194 e. The molecule has 1 fully saturated rings. The van der Waals surface area contributed by atoms with E-state index < -0.39 is 0 Å². The van der Waals surface area contributed by atoms with Gasteiger partial charge in [0.2, 0.25) is 0 Å². The van der Waals surface area contributed by atoms with Gasteiger partial charge in [0.1, 0.15) is 0 Å². The molecule has 1 atom stereocenters. The topological polar surface area (TPSA) is 29.3 Å². The summed E-state index contributed by atoms with van der Waals surface area (Å²) in [5, 5.41) is 3.55. The minimum absolute atomic E-state index is 0.550. The Morgan fingerprint density at radius 1 is 1.41 bits per heavy atom. The van der Waals surface area contributed by atoms with Crippen molar-refractivity contribution in [2.24, 2.45) is 0 Å². The number of imidazole rings is 1. The van der Waals surface area contributed by atoms with E-state index in [1.165, 1.54) is 28.6 Å². The molecule has 3 aromatic rings. The van der Waals surface area contributed by atoms with Crippen molar-refractivity contribution in [3.63, 3.8) is 0 Å². The van der Waals surface area contributed by atoms with Crippen molar-refractivity contribution in [2.75, 3.05) is 6.54 Å². The number of fused-ring (bicyclic) bond motifs is 3. The van der Waals surface area contributed by atoms with Gasteiger partial charge >= 0.3 is 0 Å². The van der Waals surface area contributed by atoms with Gasteiger partial charge in [-0.15, -0.1) is 0 Å². The fourth-order valence-electron chi connectivity index (χ4n) is 2.64. The molecule has 0 aliphatic carbocycles. The Labute approximate surface area is 103 Å². The molecule has 3 nitrogen and oxygen atoms in total. The van der Waals surface area contributed by atoms with Crippen LogP contribution < -0.4 is 5.32 Å². The van der Waals surface area contributed by atoms with Crippen LogP contribution in [0, 0.1) is 0 Å². The molecular weight excluding hydrogens is 230 g/mol. The molecule has 0 bridgehead atoms. The van der Waals surface area contributed by atoms with E-state index in [1.54, 1.807) is 11.3 Å². The first kappa shape index (κ1) is 9.62. The Bertz CT molecular complexity index is 676. The molecule has 86 valence electrons. The first-order valence-electron chi connectivity index (χ1n) is 6.01. The van der Waals surface area contributed by atoms with E-state index in [2.05, 4.69) is 32.9 Å². The van der Waals surface area contributed by atoms with Crippen LogP contribution in [0.3, 0.4) is 0 Å². The third-order valence-electron chi connectivity index (χ3n) is 3.51. The van der Waals surface area contributed by atoms with Crippen LogP contribution in [0.5, 0.6) is 0 Å². The van der Waals surface area contributed by atoms with Gasteiger partial charge in [0.05, 0.1) is 10.2 Å². The second-order valence-corrected chi connectivity index (χ2v) is 5.57. The smallest absolute Gasteiger partial charge is 0.194 e. The van der Waals surface area contributed by atoms with E-state index in [1.807, 2.05) is 12.4 Å². The number of thiazole rings is 1. The predicted octanol–water partition coefficient (Wildman–Crippen LogP) is 2.97. The van der Waals surface area contributed by atoms with E-state index in [-0.39, 0.29) is 0 Å². The Balaban J connectivity index is 1.90. The molecule has 1 unspecified atom stereocenters. The minimum Gasteiger partial charge on any atom is -0.310 e. The molecule has 1 aliphatic rings. The zero-order valence-corrected chi connectivity index (χ0v) is 10.2. The molecule has 0 spiro atoms. The lowest BCUT2D eigenvalue weighted by Gasteiger charge is -2.10. The molecule has 0 saturated carbocycles. The summed E-state index contributed by atoms with van der Waals surface area (Å²) < 4.78 is 3.49. The summed E-state index contributed by atoms with van der Waals surface area (Å²) >= 11 is 1.77. The van der Waals surface area contributed by atoms with Crippen molar-refractivity contribution in [1.29, 1.82) is 0 Å². The zero-order valence-electron chi connectivity index (χ0n) is 9.39. The van der Waals surface area contributed by atoms with Crippen molar-refractivity contribution in [3.8, 4) is 0 Å². The van der Waals surface area contributed by atoms with Gasteiger partial charge in [0.25, 0.3) is 0 Å².